The van der Waals surface area contributed by atoms with Crippen LogP contribution >= 0.6 is 23.4 Å². The van der Waals surface area contributed by atoms with Crippen molar-refractivity contribution < 1.29 is 9.18 Å². The van der Waals surface area contributed by atoms with Crippen LogP contribution in [0.4, 0.5) is 10.1 Å². The minimum atomic E-state index is -0.467. The highest BCUT2D eigenvalue weighted by molar-refractivity contribution is 7.98. The van der Waals surface area contributed by atoms with Crippen LogP contribution < -0.4 is 5.32 Å². The van der Waals surface area contributed by atoms with Gasteiger partial charge in [-0.1, -0.05) is 17.7 Å². The van der Waals surface area contributed by atoms with Crippen LogP contribution in [0.15, 0.2) is 24.3 Å². The number of hydrogen-bond acceptors (Lipinski definition) is 3. The fourth-order valence-corrected chi connectivity index (χ4v) is 3.52. The Balaban J connectivity index is 1.88. The topological polar surface area (TPSA) is 42.0 Å². The van der Waals surface area contributed by atoms with Gasteiger partial charge in [0.25, 0.3) is 5.91 Å². The summed E-state index contributed by atoms with van der Waals surface area (Å²) in [7, 11) is 0. The van der Waals surface area contributed by atoms with E-state index >= 15 is 0 Å². The number of rotatable bonds is 2. The number of nitrogens with one attached hydrogen (secondary N) is 1. The first-order chi connectivity index (χ1) is 10.5. The van der Waals surface area contributed by atoms with E-state index in [2.05, 4.69) is 10.3 Å². The molecule has 114 valence electrons. The molecule has 0 unspecified atom stereocenters. The number of aromatic nitrogens is 1. The number of carbonyl (C=O) groups is 1. The van der Waals surface area contributed by atoms with Gasteiger partial charge < -0.3 is 5.32 Å². The third-order valence-electron chi connectivity index (χ3n) is 3.50. The summed E-state index contributed by atoms with van der Waals surface area (Å²) in [6.45, 7) is 1.79. The fourth-order valence-electron chi connectivity index (χ4n) is 2.33. The van der Waals surface area contributed by atoms with Gasteiger partial charge in [-0.25, -0.2) is 9.37 Å². The molecule has 0 saturated carbocycles. The van der Waals surface area contributed by atoms with Gasteiger partial charge in [0.2, 0.25) is 0 Å². The Hall–Kier alpha value is -1.59. The average molecular weight is 337 g/mol. The van der Waals surface area contributed by atoms with Gasteiger partial charge in [-0.2, -0.15) is 11.8 Å². The molecule has 2 aromatic rings. The quantitative estimate of drug-likeness (QED) is 0.835. The molecule has 0 aliphatic carbocycles. The highest BCUT2D eigenvalue weighted by atomic mass is 35.5. The standard InChI is InChI=1S/C16H14ClFN2OS/c1-9-2-3-14(12(18)6-9)20-16(21)11-7-10-8-22-5-4-13(10)19-15(11)17/h2-3,6-7H,4-5,8H2,1H3,(H,20,21). The smallest absolute Gasteiger partial charge is 0.258 e. The number of amides is 1. The van der Waals surface area contributed by atoms with E-state index in [-0.39, 0.29) is 16.4 Å². The predicted octanol–water partition coefficient (Wildman–Crippen LogP) is 4.22. The summed E-state index contributed by atoms with van der Waals surface area (Å²) in [5.74, 6) is 0.916. The second-order valence-corrected chi connectivity index (χ2v) is 6.64. The number of benzene rings is 1. The van der Waals surface area contributed by atoms with Gasteiger partial charge in [0.05, 0.1) is 11.3 Å². The Bertz CT molecular complexity index is 751. The van der Waals surface area contributed by atoms with Crippen molar-refractivity contribution in [1.82, 2.24) is 4.98 Å². The maximum absolute atomic E-state index is 13.8. The van der Waals surface area contributed by atoms with Crippen molar-refractivity contribution >= 4 is 35.0 Å². The maximum atomic E-state index is 13.8. The number of fused-ring (bicyclic) bond motifs is 1. The Morgan fingerprint density at radius 3 is 3.00 bits per heavy atom. The van der Waals surface area contributed by atoms with Crippen LogP contribution in [0, 0.1) is 12.7 Å². The number of hydrogen-bond donors (Lipinski definition) is 1. The summed E-state index contributed by atoms with van der Waals surface area (Å²) in [6, 6.07) is 6.41. The molecule has 1 N–H and O–H groups in total. The lowest BCUT2D eigenvalue weighted by molar-refractivity contribution is 0.102. The Morgan fingerprint density at radius 2 is 2.23 bits per heavy atom. The molecule has 0 spiro atoms. The predicted molar refractivity (Wildman–Crippen MR) is 88.2 cm³/mol. The first kappa shape index (κ1) is 15.3. The maximum Gasteiger partial charge on any atom is 0.258 e. The van der Waals surface area contributed by atoms with Crippen molar-refractivity contribution in [2.75, 3.05) is 11.1 Å². The Labute approximate surface area is 137 Å². The molecule has 0 atom stereocenters. The molecule has 0 radical (unpaired) electrons. The lowest BCUT2D eigenvalue weighted by Crippen LogP contribution is -2.16. The van der Waals surface area contributed by atoms with Gasteiger partial charge >= 0.3 is 0 Å². The first-order valence-corrected chi connectivity index (χ1v) is 8.41. The zero-order valence-corrected chi connectivity index (χ0v) is 13.5. The van der Waals surface area contributed by atoms with Crippen LogP contribution in [0.2, 0.25) is 5.15 Å². The van der Waals surface area contributed by atoms with Crippen molar-refractivity contribution in [3.8, 4) is 0 Å². The minimum Gasteiger partial charge on any atom is -0.319 e. The number of aryl methyl sites for hydroxylation is 2. The van der Waals surface area contributed by atoms with E-state index in [0.29, 0.717) is 0 Å². The fraction of sp³-hybridized carbons (Fsp3) is 0.250. The summed E-state index contributed by atoms with van der Waals surface area (Å²) in [5, 5.41) is 2.72. The van der Waals surface area contributed by atoms with E-state index in [0.717, 1.165) is 34.7 Å². The summed E-state index contributed by atoms with van der Waals surface area (Å²) in [4.78, 5) is 16.7. The largest absolute Gasteiger partial charge is 0.319 e. The number of halogens is 2. The molecule has 3 nitrogen and oxygen atoms in total. The highest BCUT2D eigenvalue weighted by Crippen LogP contribution is 2.27. The highest BCUT2D eigenvalue weighted by Gasteiger charge is 2.19. The zero-order valence-electron chi connectivity index (χ0n) is 12.0. The van der Waals surface area contributed by atoms with Crippen LogP contribution in [0.5, 0.6) is 0 Å². The Kier molecular flexibility index (Phi) is 4.36. The van der Waals surface area contributed by atoms with Gasteiger partial charge in [-0.3, -0.25) is 4.79 Å². The third kappa shape index (κ3) is 3.10. The molecule has 1 aliphatic rings. The number of thioether (sulfide) groups is 1. The van der Waals surface area contributed by atoms with Crippen molar-refractivity contribution in [1.29, 1.82) is 0 Å². The number of pyridine rings is 1. The van der Waals surface area contributed by atoms with Crippen LogP contribution in [0.3, 0.4) is 0 Å². The zero-order chi connectivity index (χ0) is 15.7. The second-order valence-electron chi connectivity index (χ2n) is 5.17. The molecule has 1 aliphatic heterocycles. The summed E-state index contributed by atoms with van der Waals surface area (Å²) in [5.41, 5.74) is 3.18. The summed E-state index contributed by atoms with van der Waals surface area (Å²) >= 11 is 7.91. The molecule has 6 heteroatoms. The SMILES string of the molecule is Cc1ccc(NC(=O)c2cc3c(nc2Cl)CCSC3)c(F)c1. The van der Waals surface area contributed by atoms with E-state index in [1.165, 1.54) is 12.1 Å². The summed E-state index contributed by atoms with van der Waals surface area (Å²) in [6.07, 6.45) is 0.855. The van der Waals surface area contributed by atoms with Crippen molar-refractivity contribution in [2.45, 2.75) is 19.1 Å². The van der Waals surface area contributed by atoms with Crippen LogP contribution in [0.25, 0.3) is 0 Å². The Morgan fingerprint density at radius 1 is 1.41 bits per heavy atom. The van der Waals surface area contributed by atoms with Crippen LogP contribution in [-0.2, 0) is 12.2 Å². The second kappa shape index (κ2) is 6.26. The van der Waals surface area contributed by atoms with Gasteiger partial charge in [-0.15, -0.1) is 0 Å². The van der Waals surface area contributed by atoms with E-state index in [1.807, 2.05) is 0 Å². The van der Waals surface area contributed by atoms with Crippen molar-refractivity contribution in [2.24, 2.45) is 0 Å². The van der Waals surface area contributed by atoms with Crippen LogP contribution in [0.1, 0.15) is 27.2 Å². The average Bonchev–Trinajstić information content (AvgIpc) is 2.49. The van der Waals surface area contributed by atoms with Gasteiger partial charge in [0, 0.05) is 11.4 Å². The molecule has 3 rings (SSSR count). The molecule has 1 amide bonds. The molecule has 0 saturated heterocycles. The van der Waals surface area contributed by atoms with E-state index in [4.69, 9.17) is 11.6 Å². The molecule has 2 heterocycles. The van der Waals surface area contributed by atoms with Crippen molar-refractivity contribution in [3.63, 3.8) is 0 Å². The minimum absolute atomic E-state index is 0.138. The van der Waals surface area contributed by atoms with Crippen LogP contribution in [-0.4, -0.2) is 16.6 Å². The van der Waals surface area contributed by atoms with E-state index < -0.39 is 11.7 Å². The molecular weight excluding hydrogens is 323 g/mol. The number of nitrogens with zero attached hydrogens (tertiary/aromatic N) is 1. The van der Waals surface area contributed by atoms with Gasteiger partial charge in [-0.05, 0) is 48.4 Å². The molecule has 22 heavy (non-hydrogen) atoms. The summed E-state index contributed by atoms with van der Waals surface area (Å²) < 4.78 is 13.8. The first-order valence-electron chi connectivity index (χ1n) is 6.88. The lowest BCUT2D eigenvalue weighted by Gasteiger charge is -2.16. The van der Waals surface area contributed by atoms with E-state index in [1.54, 1.807) is 30.8 Å². The molecule has 0 bridgehead atoms. The molecular formula is C16H14ClFN2OS. The normalized spacial score (nSPS) is 13.6. The monoisotopic (exact) mass is 336 g/mol. The molecule has 1 aromatic heterocycles. The van der Waals surface area contributed by atoms with Crippen molar-refractivity contribution in [3.05, 3.63) is 57.6 Å². The number of anilines is 1. The van der Waals surface area contributed by atoms with Gasteiger partial charge in [0.1, 0.15) is 11.0 Å². The lowest BCUT2D eigenvalue weighted by atomic mass is 10.1. The molecule has 0 fully saturated rings. The molecule has 1 aromatic carbocycles. The third-order valence-corrected chi connectivity index (χ3v) is 4.80. The van der Waals surface area contributed by atoms with E-state index in [9.17, 15) is 9.18 Å². The van der Waals surface area contributed by atoms with Gasteiger partial charge in [0.15, 0.2) is 0 Å². The number of carbonyl (C=O) groups excluding carboxylic acids is 1.